The van der Waals surface area contributed by atoms with Crippen LogP contribution in [-0.4, -0.2) is 37.5 Å². The van der Waals surface area contributed by atoms with Crippen LogP contribution in [0.5, 0.6) is 0 Å². The van der Waals surface area contributed by atoms with Gasteiger partial charge in [0.25, 0.3) is 0 Å². The zero-order chi connectivity index (χ0) is 21.2. The van der Waals surface area contributed by atoms with E-state index in [0.29, 0.717) is 11.7 Å². The second kappa shape index (κ2) is 6.87. The summed E-state index contributed by atoms with van der Waals surface area (Å²) in [6.07, 6.45) is 12.0. The van der Waals surface area contributed by atoms with Crippen molar-refractivity contribution in [3.05, 3.63) is 53.8 Å². The Labute approximate surface area is 181 Å². The summed E-state index contributed by atoms with van der Waals surface area (Å²) in [6, 6.07) is 6.36. The summed E-state index contributed by atoms with van der Waals surface area (Å²) in [5.41, 5.74) is 10.8. The van der Waals surface area contributed by atoms with Gasteiger partial charge in [-0.25, -0.2) is 9.97 Å². The van der Waals surface area contributed by atoms with Gasteiger partial charge in [0.2, 0.25) is 0 Å². The average Bonchev–Trinajstić information content (AvgIpc) is 3.47. The first kappa shape index (κ1) is 19.0. The third-order valence-electron chi connectivity index (χ3n) is 6.97. The predicted octanol–water partition coefficient (Wildman–Crippen LogP) is 3.91. The minimum atomic E-state index is -0.573. The summed E-state index contributed by atoms with van der Waals surface area (Å²) in [5.74, 6) is 0.363. The normalized spacial score (nSPS) is 28.6. The van der Waals surface area contributed by atoms with Crippen molar-refractivity contribution in [1.29, 1.82) is 0 Å². The minimum Gasteiger partial charge on any atom is -0.383 e. The highest BCUT2D eigenvalue weighted by molar-refractivity contribution is 5.86. The summed E-state index contributed by atoms with van der Waals surface area (Å²) in [6.45, 7) is 4.02. The van der Waals surface area contributed by atoms with Crippen molar-refractivity contribution in [3.63, 3.8) is 0 Å². The molecule has 0 radical (unpaired) electrons. The van der Waals surface area contributed by atoms with Crippen molar-refractivity contribution in [3.8, 4) is 0 Å². The number of hydrogen-bond donors (Lipinski definition) is 1. The Morgan fingerprint density at radius 1 is 1.16 bits per heavy atom. The molecule has 2 fully saturated rings. The Hall–Kier alpha value is -2.77. The lowest BCUT2D eigenvalue weighted by atomic mass is 9.95. The lowest BCUT2D eigenvalue weighted by molar-refractivity contribution is -0.160. The first-order valence-electron chi connectivity index (χ1n) is 11.0. The molecule has 1 saturated carbocycles. The Balaban J connectivity index is 1.25. The third-order valence-corrected chi connectivity index (χ3v) is 6.97. The molecule has 160 valence electrons. The SMILES string of the molecule is CC1(C)O[C@@H]2[C@@H](CCC3=Cc4ncccc4C3)C[C@@H](n3ccc4c(N)ncnc43)[C@@H]2O1. The van der Waals surface area contributed by atoms with Gasteiger partial charge in [0.1, 0.15) is 23.9 Å². The van der Waals surface area contributed by atoms with Crippen LogP contribution in [0.15, 0.2) is 42.5 Å². The first-order chi connectivity index (χ1) is 15.0. The number of nitrogens with two attached hydrogens (primary N) is 1. The third kappa shape index (κ3) is 3.15. The van der Waals surface area contributed by atoms with Crippen LogP contribution < -0.4 is 5.73 Å². The molecule has 6 rings (SSSR count). The summed E-state index contributed by atoms with van der Waals surface area (Å²) in [4.78, 5) is 13.1. The molecule has 0 bridgehead atoms. The van der Waals surface area contributed by atoms with Gasteiger partial charge in [-0.05, 0) is 69.2 Å². The van der Waals surface area contributed by atoms with Gasteiger partial charge in [-0.15, -0.1) is 0 Å². The number of allylic oxidation sites excluding steroid dienone is 1. The zero-order valence-electron chi connectivity index (χ0n) is 17.9. The van der Waals surface area contributed by atoms with E-state index in [1.165, 1.54) is 17.5 Å². The topological polar surface area (TPSA) is 88.1 Å². The van der Waals surface area contributed by atoms with Gasteiger partial charge in [-0.2, -0.15) is 0 Å². The Morgan fingerprint density at radius 2 is 2.03 bits per heavy atom. The number of hydrogen-bond acceptors (Lipinski definition) is 6. The Morgan fingerprint density at radius 3 is 2.90 bits per heavy atom. The second-order valence-corrected chi connectivity index (χ2v) is 9.41. The largest absolute Gasteiger partial charge is 0.383 e. The van der Waals surface area contributed by atoms with Crippen LogP contribution in [0.3, 0.4) is 0 Å². The van der Waals surface area contributed by atoms with E-state index in [1.54, 1.807) is 0 Å². The number of aromatic nitrogens is 4. The molecule has 0 unspecified atom stereocenters. The molecule has 0 spiro atoms. The van der Waals surface area contributed by atoms with Crippen LogP contribution in [0.2, 0.25) is 0 Å². The molecule has 2 N–H and O–H groups in total. The Kier molecular flexibility index (Phi) is 4.20. The van der Waals surface area contributed by atoms with Crippen molar-refractivity contribution in [2.75, 3.05) is 5.73 Å². The fourth-order valence-corrected chi connectivity index (χ4v) is 5.62. The summed E-state index contributed by atoms with van der Waals surface area (Å²) in [5, 5.41) is 0.891. The van der Waals surface area contributed by atoms with Crippen LogP contribution in [0, 0.1) is 5.92 Å². The van der Waals surface area contributed by atoms with Gasteiger partial charge in [-0.3, -0.25) is 4.98 Å². The van der Waals surface area contributed by atoms with Gasteiger partial charge in [0, 0.05) is 12.4 Å². The Bertz CT molecular complexity index is 1180. The van der Waals surface area contributed by atoms with E-state index in [-0.39, 0.29) is 18.2 Å². The molecule has 2 aliphatic carbocycles. The maximum atomic E-state index is 6.40. The molecule has 0 amide bonds. The molecular formula is C24H27N5O2. The quantitative estimate of drug-likeness (QED) is 0.692. The lowest BCUT2D eigenvalue weighted by Crippen LogP contribution is -2.27. The number of anilines is 1. The fourth-order valence-electron chi connectivity index (χ4n) is 5.62. The average molecular weight is 418 g/mol. The van der Waals surface area contributed by atoms with Crippen LogP contribution in [0.25, 0.3) is 17.1 Å². The molecule has 3 aliphatic rings. The maximum absolute atomic E-state index is 6.40. The first-order valence-corrected chi connectivity index (χ1v) is 11.0. The molecule has 1 saturated heterocycles. The van der Waals surface area contributed by atoms with Gasteiger partial charge in [0.15, 0.2) is 5.79 Å². The van der Waals surface area contributed by atoms with E-state index in [1.807, 2.05) is 32.2 Å². The van der Waals surface area contributed by atoms with E-state index in [9.17, 15) is 0 Å². The minimum absolute atomic E-state index is 0.00297. The molecule has 7 nitrogen and oxygen atoms in total. The standard InChI is InChI=1S/C24H27N5O2/c1-24(2)30-20-16(6-5-14-10-15-4-3-8-26-18(15)11-14)12-19(21(20)31-24)29-9-7-17-22(25)27-13-28-23(17)29/h3-4,7-9,11,13,16,19-21H,5-6,10,12H2,1-2H3,(H2,25,27,28)/t16-,19+,20+,21-/m0/s1. The maximum Gasteiger partial charge on any atom is 0.163 e. The predicted molar refractivity (Wildman–Crippen MR) is 118 cm³/mol. The van der Waals surface area contributed by atoms with Gasteiger partial charge >= 0.3 is 0 Å². The monoisotopic (exact) mass is 417 g/mol. The lowest BCUT2D eigenvalue weighted by Gasteiger charge is -2.24. The molecule has 31 heavy (non-hydrogen) atoms. The van der Waals surface area contributed by atoms with Crippen molar-refractivity contribution >= 4 is 22.9 Å². The zero-order valence-corrected chi connectivity index (χ0v) is 17.9. The molecule has 4 atom stereocenters. The number of fused-ring (bicyclic) bond motifs is 3. The van der Waals surface area contributed by atoms with Crippen LogP contribution in [0.4, 0.5) is 5.82 Å². The van der Waals surface area contributed by atoms with Crippen LogP contribution in [0.1, 0.15) is 50.4 Å². The highest BCUT2D eigenvalue weighted by Crippen LogP contribution is 2.49. The summed E-state index contributed by atoms with van der Waals surface area (Å²) >= 11 is 0. The molecule has 4 heterocycles. The molecular weight excluding hydrogens is 390 g/mol. The van der Waals surface area contributed by atoms with Gasteiger partial charge < -0.3 is 19.8 Å². The van der Waals surface area contributed by atoms with Crippen molar-refractivity contribution in [2.45, 2.75) is 63.6 Å². The van der Waals surface area contributed by atoms with Gasteiger partial charge in [0.05, 0.1) is 23.2 Å². The summed E-state index contributed by atoms with van der Waals surface area (Å²) in [7, 11) is 0. The molecule has 0 aromatic carbocycles. The van der Waals surface area contributed by atoms with Crippen molar-refractivity contribution in [2.24, 2.45) is 5.92 Å². The smallest absolute Gasteiger partial charge is 0.163 e. The van der Waals surface area contributed by atoms with E-state index in [4.69, 9.17) is 15.2 Å². The number of nitrogen functional groups attached to an aromatic ring is 1. The molecule has 3 aromatic heterocycles. The number of pyridine rings is 1. The number of nitrogens with zero attached hydrogens (tertiary/aromatic N) is 4. The number of rotatable bonds is 4. The molecule has 1 aliphatic heterocycles. The van der Waals surface area contributed by atoms with E-state index < -0.39 is 5.79 Å². The van der Waals surface area contributed by atoms with Crippen molar-refractivity contribution < 1.29 is 9.47 Å². The molecule has 7 heteroatoms. The summed E-state index contributed by atoms with van der Waals surface area (Å²) < 4.78 is 15.0. The highest BCUT2D eigenvalue weighted by atomic mass is 16.8. The van der Waals surface area contributed by atoms with Crippen molar-refractivity contribution in [1.82, 2.24) is 19.5 Å². The van der Waals surface area contributed by atoms with Crippen LogP contribution in [-0.2, 0) is 15.9 Å². The van der Waals surface area contributed by atoms with E-state index >= 15 is 0 Å². The van der Waals surface area contributed by atoms with E-state index in [0.717, 1.165) is 42.4 Å². The van der Waals surface area contributed by atoms with Gasteiger partial charge in [-0.1, -0.05) is 11.6 Å². The highest BCUT2D eigenvalue weighted by Gasteiger charge is 2.54. The number of ether oxygens (including phenoxy) is 2. The van der Waals surface area contributed by atoms with Crippen LogP contribution >= 0.6 is 0 Å². The van der Waals surface area contributed by atoms with E-state index in [2.05, 4.69) is 37.9 Å². The second-order valence-electron chi connectivity index (χ2n) is 9.41. The fraction of sp³-hybridized carbons (Fsp3) is 0.458. The molecule has 3 aromatic rings.